The van der Waals surface area contributed by atoms with Gasteiger partial charge in [0.1, 0.15) is 6.10 Å². The normalized spacial score (nSPS) is 31.8. The monoisotopic (exact) mass is 216 g/mol. The summed E-state index contributed by atoms with van der Waals surface area (Å²) >= 11 is 0. The number of rotatable bonds is 1. The van der Waals surface area contributed by atoms with Gasteiger partial charge in [0.15, 0.2) is 0 Å². The average molecular weight is 216 g/mol. The zero-order valence-electron chi connectivity index (χ0n) is 9.48. The van der Waals surface area contributed by atoms with Gasteiger partial charge in [0.05, 0.1) is 5.92 Å². The fraction of sp³-hybridized carbons (Fsp3) is 0.500. The SMILES string of the molecule is CC[C@H]1OC(=O)[C@H]2Cc3ccccc3C[C@H]21. The molecule has 1 aromatic rings. The van der Waals surface area contributed by atoms with Gasteiger partial charge in [-0.3, -0.25) is 4.79 Å². The van der Waals surface area contributed by atoms with E-state index in [2.05, 4.69) is 31.2 Å². The molecule has 2 nitrogen and oxygen atoms in total. The standard InChI is InChI=1S/C14H16O2/c1-2-13-11-7-9-5-3-4-6-10(9)8-12(11)14(15)16-13/h3-6,11-13H,2,7-8H2,1H3/t11-,12+,13-/m1/s1. The molecular weight excluding hydrogens is 200 g/mol. The lowest BCUT2D eigenvalue weighted by molar-refractivity contribution is -0.144. The Morgan fingerprint density at radius 2 is 1.94 bits per heavy atom. The molecular formula is C14H16O2. The average Bonchev–Trinajstić information content (AvgIpc) is 2.63. The summed E-state index contributed by atoms with van der Waals surface area (Å²) in [7, 11) is 0. The van der Waals surface area contributed by atoms with Crippen molar-refractivity contribution in [2.75, 3.05) is 0 Å². The Labute approximate surface area is 95.6 Å². The second-order valence-electron chi connectivity index (χ2n) is 4.83. The smallest absolute Gasteiger partial charge is 0.309 e. The number of fused-ring (bicyclic) bond motifs is 2. The molecule has 0 unspecified atom stereocenters. The Kier molecular flexibility index (Phi) is 2.23. The van der Waals surface area contributed by atoms with Crippen LogP contribution in [0.15, 0.2) is 24.3 Å². The van der Waals surface area contributed by atoms with Crippen LogP contribution in [0, 0.1) is 11.8 Å². The third-order valence-corrected chi connectivity index (χ3v) is 3.98. The first-order valence-electron chi connectivity index (χ1n) is 6.07. The second-order valence-corrected chi connectivity index (χ2v) is 4.83. The highest BCUT2D eigenvalue weighted by molar-refractivity contribution is 5.76. The number of carbonyl (C=O) groups excluding carboxylic acids is 1. The van der Waals surface area contributed by atoms with Gasteiger partial charge in [-0.05, 0) is 30.4 Å². The largest absolute Gasteiger partial charge is 0.462 e. The van der Waals surface area contributed by atoms with Gasteiger partial charge in [-0.15, -0.1) is 0 Å². The minimum Gasteiger partial charge on any atom is -0.462 e. The van der Waals surface area contributed by atoms with Crippen LogP contribution in [0.4, 0.5) is 0 Å². The van der Waals surface area contributed by atoms with E-state index >= 15 is 0 Å². The van der Waals surface area contributed by atoms with E-state index in [1.807, 2.05) is 0 Å². The Hall–Kier alpha value is -1.31. The highest BCUT2D eigenvalue weighted by Gasteiger charge is 2.45. The summed E-state index contributed by atoms with van der Waals surface area (Å²) in [6.45, 7) is 2.10. The van der Waals surface area contributed by atoms with Crippen LogP contribution in [0.25, 0.3) is 0 Å². The second kappa shape index (κ2) is 3.62. The molecule has 3 rings (SSSR count). The van der Waals surface area contributed by atoms with E-state index in [4.69, 9.17) is 4.74 Å². The first-order chi connectivity index (χ1) is 7.79. The Morgan fingerprint density at radius 1 is 1.25 bits per heavy atom. The Balaban J connectivity index is 1.96. The molecule has 0 amide bonds. The highest BCUT2D eigenvalue weighted by Crippen LogP contribution is 2.39. The quantitative estimate of drug-likeness (QED) is 0.674. The maximum Gasteiger partial charge on any atom is 0.309 e. The molecule has 0 spiro atoms. The van der Waals surface area contributed by atoms with Crippen LogP contribution in [-0.2, 0) is 22.4 Å². The molecule has 0 aromatic heterocycles. The van der Waals surface area contributed by atoms with Crippen molar-refractivity contribution in [3.63, 3.8) is 0 Å². The molecule has 0 radical (unpaired) electrons. The van der Waals surface area contributed by atoms with Gasteiger partial charge in [0.2, 0.25) is 0 Å². The van der Waals surface area contributed by atoms with Gasteiger partial charge < -0.3 is 4.74 Å². The summed E-state index contributed by atoms with van der Waals surface area (Å²) in [5, 5.41) is 0. The number of cyclic esters (lactones) is 1. The molecule has 0 saturated carbocycles. The van der Waals surface area contributed by atoms with Gasteiger partial charge in [0.25, 0.3) is 0 Å². The number of hydrogen-bond donors (Lipinski definition) is 0. The van der Waals surface area contributed by atoms with Crippen LogP contribution in [0.5, 0.6) is 0 Å². The Bertz CT molecular complexity index is 424. The molecule has 0 N–H and O–H groups in total. The first kappa shape index (κ1) is 9.88. The molecule has 1 aliphatic carbocycles. The van der Waals surface area contributed by atoms with E-state index in [9.17, 15) is 4.79 Å². The van der Waals surface area contributed by atoms with Crippen LogP contribution in [0.1, 0.15) is 24.5 Å². The number of ether oxygens (including phenoxy) is 1. The van der Waals surface area contributed by atoms with Gasteiger partial charge in [-0.1, -0.05) is 31.2 Å². The van der Waals surface area contributed by atoms with Crippen molar-refractivity contribution >= 4 is 5.97 Å². The minimum absolute atomic E-state index is 0.0198. The zero-order chi connectivity index (χ0) is 11.1. The lowest BCUT2D eigenvalue weighted by atomic mass is 9.74. The molecule has 1 saturated heterocycles. The number of hydrogen-bond acceptors (Lipinski definition) is 2. The van der Waals surface area contributed by atoms with Crippen LogP contribution in [-0.4, -0.2) is 12.1 Å². The summed E-state index contributed by atoms with van der Waals surface area (Å²) in [6.07, 6.45) is 2.96. The molecule has 1 aromatic carbocycles. The molecule has 1 fully saturated rings. The van der Waals surface area contributed by atoms with Gasteiger partial charge in [-0.2, -0.15) is 0 Å². The number of esters is 1. The summed E-state index contributed by atoms with van der Waals surface area (Å²) in [6, 6.07) is 8.45. The molecule has 84 valence electrons. The van der Waals surface area contributed by atoms with Gasteiger partial charge >= 0.3 is 5.97 Å². The number of carbonyl (C=O) groups is 1. The van der Waals surface area contributed by atoms with Crippen molar-refractivity contribution in [1.29, 1.82) is 0 Å². The fourth-order valence-electron chi connectivity index (χ4n) is 3.10. The van der Waals surface area contributed by atoms with Crippen molar-refractivity contribution in [2.24, 2.45) is 11.8 Å². The lowest BCUT2D eigenvalue weighted by Gasteiger charge is -2.26. The molecule has 2 aliphatic rings. The molecule has 3 atom stereocenters. The van der Waals surface area contributed by atoms with E-state index in [1.165, 1.54) is 11.1 Å². The predicted molar refractivity (Wildman–Crippen MR) is 61.0 cm³/mol. The van der Waals surface area contributed by atoms with Crippen LogP contribution in [0.2, 0.25) is 0 Å². The predicted octanol–water partition coefficient (Wildman–Crippen LogP) is 2.35. The number of benzene rings is 1. The van der Waals surface area contributed by atoms with E-state index in [-0.39, 0.29) is 18.0 Å². The van der Waals surface area contributed by atoms with E-state index in [1.54, 1.807) is 0 Å². The maximum atomic E-state index is 11.8. The molecule has 2 heteroatoms. The van der Waals surface area contributed by atoms with Crippen molar-refractivity contribution in [1.82, 2.24) is 0 Å². The summed E-state index contributed by atoms with van der Waals surface area (Å²) < 4.78 is 5.45. The summed E-state index contributed by atoms with van der Waals surface area (Å²) in [5.74, 6) is 0.540. The maximum absolute atomic E-state index is 11.8. The first-order valence-corrected chi connectivity index (χ1v) is 6.07. The van der Waals surface area contributed by atoms with Crippen molar-refractivity contribution < 1.29 is 9.53 Å². The van der Waals surface area contributed by atoms with Gasteiger partial charge in [0, 0.05) is 5.92 Å². The van der Waals surface area contributed by atoms with E-state index < -0.39 is 0 Å². The molecule has 0 bridgehead atoms. The van der Waals surface area contributed by atoms with Crippen molar-refractivity contribution in [2.45, 2.75) is 32.3 Å². The lowest BCUT2D eigenvalue weighted by Crippen LogP contribution is -2.29. The molecule has 1 heterocycles. The van der Waals surface area contributed by atoms with Crippen LogP contribution in [0.3, 0.4) is 0 Å². The van der Waals surface area contributed by atoms with Crippen molar-refractivity contribution in [3.05, 3.63) is 35.4 Å². The zero-order valence-corrected chi connectivity index (χ0v) is 9.48. The third-order valence-electron chi connectivity index (χ3n) is 3.98. The van der Waals surface area contributed by atoms with Crippen LogP contribution < -0.4 is 0 Å². The van der Waals surface area contributed by atoms with E-state index in [0.717, 1.165) is 19.3 Å². The summed E-state index contributed by atoms with van der Waals surface area (Å²) in [5.41, 5.74) is 2.73. The highest BCUT2D eigenvalue weighted by atomic mass is 16.6. The molecule has 1 aliphatic heterocycles. The molecule has 16 heavy (non-hydrogen) atoms. The topological polar surface area (TPSA) is 26.3 Å². The minimum atomic E-state index is 0.0198. The van der Waals surface area contributed by atoms with Crippen LogP contribution >= 0.6 is 0 Å². The summed E-state index contributed by atoms with van der Waals surface area (Å²) in [4.78, 5) is 11.8. The van der Waals surface area contributed by atoms with Gasteiger partial charge in [-0.25, -0.2) is 0 Å². The fourth-order valence-corrected chi connectivity index (χ4v) is 3.10. The third kappa shape index (κ3) is 1.36. The Morgan fingerprint density at radius 3 is 2.62 bits per heavy atom. The van der Waals surface area contributed by atoms with Crippen molar-refractivity contribution in [3.8, 4) is 0 Å². The van der Waals surface area contributed by atoms with E-state index in [0.29, 0.717) is 5.92 Å².